The second-order valence-corrected chi connectivity index (χ2v) is 9.94. The van der Waals surface area contributed by atoms with Crippen molar-refractivity contribution in [2.75, 3.05) is 6.61 Å². The standard InChI is InChI=1S/C18H10F4O11S2/c19-17(20,18(21,22)35(27,28)29)6-7-30-16(24)9-10-11(32-15(23)8-4-2-1-3-5-8)12-13(31-10)14(9)34(25,26)33-12/h1-5H,6-7H2,(H,27,28,29). The minimum atomic E-state index is -6.51. The zero-order valence-corrected chi connectivity index (χ0v) is 18.3. The van der Waals surface area contributed by atoms with Gasteiger partial charge in [0.1, 0.15) is 5.56 Å². The summed E-state index contributed by atoms with van der Waals surface area (Å²) in [5, 5.41) is -5.90. The number of carbonyl (C=O) groups is 2. The Labute approximate surface area is 192 Å². The number of benzene rings is 2. The molecule has 4 rings (SSSR count). The molecular formula is C18H10F4O11S2. The Morgan fingerprint density at radius 2 is 1.66 bits per heavy atom. The molecule has 2 aromatic heterocycles. The normalized spacial score (nSPS) is 15.2. The summed E-state index contributed by atoms with van der Waals surface area (Å²) in [5.41, 5.74) is -2.09. The number of esters is 2. The molecule has 1 aromatic carbocycles. The Kier molecular flexibility index (Phi) is 5.49. The van der Waals surface area contributed by atoms with E-state index in [1.165, 1.54) is 24.3 Å². The van der Waals surface area contributed by atoms with Gasteiger partial charge in [-0.2, -0.15) is 34.4 Å². The lowest BCUT2D eigenvalue weighted by atomic mass is 10.2. The molecule has 11 nitrogen and oxygen atoms in total. The van der Waals surface area contributed by atoms with E-state index >= 15 is 0 Å². The highest BCUT2D eigenvalue weighted by atomic mass is 32.2. The van der Waals surface area contributed by atoms with Crippen LogP contribution < -0.4 is 8.92 Å². The molecular weight excluding hydrogens is 532 g/mol. The highest BCUT2D eigenvalue weighted by Gasteiger charge is 2.65. The number of fused-ring (bicyclic) bond motifs is 1. The fourth-order valence-corrected chi connectivity index (χ4v) is 4.80. The van der Waals surface area contributed by atoms with E-state index in [0.29, 0.717) is 0 Å². The number of alkyl halides is 4. The van der Waals surface area contributed by atoms with Gasteiger partial charge in [0.05, 0.1) is 18.6 Å². The molecule has 1 aliphatic rings. The first-order valence-corrected chi connectivity index (χ1v) is 12.0. The Morgan fingerprint density at radius 3 is 2.26 bits per heavy atom. The smallest absolute Gasteiger partial charge is 0.431 e. The van der Waals surface area contributed by atoms with Crippen molar-refractivity contribution < 1.29 is 66.6 Å². The van der Waals surface area contributed by atoms with Gasteiger partial charge >= 0.3 is 43.4 Å². The maximum atomic E-state index is 13.6. The number of rotatable bonds is 8. The molecule has 3 heterocycles. The Hall–Kier alpha value is -3.44. The van der Waals surface area contributed by atoms with Crippen molar-refractivity contribution in [1.82, 2.24) is 0 Å². The van der Waals surface area contributed by atoms with Gasteiger partial charge in [-0.05, 0) is 12.1 Å². The third-order valence-corrected chi connectivity index (χ3v) is 6.96. The number of hydrogen-bond acceptors (Lipinski definition) is 10. The third kappa shape index (κ3) is 3.84. The molecule has 0 aliphatic carbocycles. The van der Waals surface area contributed by atoms with Crippen LogP contribution >= 0.6 is 0 Å². The Bertz CT molecular complexity index is 1540. The van der Waals surface area contributed by atoms with Crippen LogP contribution in [0.5, 0.6) is 11.5 Å². The number of furan rings is 2. The quantitative estimate of drug-likeness (QED) is 0.146. The highest BCUT2D eigenvalue weighted by Crippen LogP contribution is 2.55. The summed E-state index contributed by atoms with van der Waals surface area (Å²) in [5.74, 6) is -9.22. The van der Waals surface area contributed by atoms with Gasteiger partial charge in [0.25, 0.3) is 0 Å². The Balaban J connectivity index is 1.60. The van der Waals surface area contributed by atoms with Crippen LogP contribution in [-0.2, 0) is 25.0 Å². The number of hydrogen-bond donors (Lipinski definition) is 1. The van der Waals surface area contributed by atoms with Crippen LogP contribution in [0.4, 0.5) is 17.6 Å². The van der Waals surface area contributed by atoms with Crippen molar-refractivity contribution in [2.24, 2.45) is 0 Å². The molecule has 0 fully saturated rings. The number of ether oxygens (including phenoxy) is 2. The lowest BCUT2D eigenvalue weighted by Crippen LogP contribution is -2.47. The van der Waals surface area contributed by atoms with Gasteiger partial charge in [0.15, 0.2) is 16.1 Å². The van der Waals surface area contributed by atoms with Crippen molar-refractivity contribution in [1.29, 1.82) is 0 Å². The summed E-state index contributed by atoms with van der Waals surface area (Å²) < 4.78 is 127. The number of carbonyl (C=O) groups excluding carboxylic acids is 2. The van der Waals surface area contributed by atoms with E-state index in [1.54, 1.807) is 6.07 Å². The molecule has 0 saturated carbocycles. The van der Waals surface area contributed by atoms with Gasteiger partial charge in [0, 0.05) is 0 Å². The van der Waals surface area contributed by atoms with Crippen molar-refractivity contribution in [2.45, 2.75) is 22.5 Å². The molecule has 1 N–H and O–H groups in total. The van der Waals surface area contributed by atoms with Crippen LogP contribution in [0, 0.1) is 0 Å². The van der Waals surface area contributed by atoms with Crippen molar-refractivity contribution in [3.63, 3.8) is 0 Å². The summed E-state index contributed by atoms with van der Waals surface area (Å²) in [6, 6.07) is 7.28. The van der Waals surface area contributed by atoms with Gasteiger partial charge in [-0.3, -0.25) is 4.55 Å². The van der Waals surface area contributed by atoms with E-state index in [-0.39, 0.29) is 5.56 Å². The highest BCUT2D eigenvalue weighted by molar-refractivity contribution is 7.87. The van der Waals surface area contributed by atoms with E-state index in [4.69, 9.17) is 17.9 Å². The second kappa shape index (κ2) is 7.79. The van der Waals surface area contributed by atoms with Crippen molar-refractivity contribution in [3.8, 4) is 11.5 Å². The summed E-state index contributed by atoms with van der Waals surface area (Å²) in [6.45, 7) is -1.53. The third-order valence-electron chi connectivity index (χ3n) is 4.73. The average Bonchev–Trinajstić information content (AvgIpc) is 3.36. The van der Waals surface area contributed by atoms with Gasteiger partial charge in [-0.1, -0.05) is 18.2 Å². The first-order valence-electron chi connectivity index (χ1n) is 9.12. The molecule has 17 heteroatoms. The maximum absolute atomic E-state index is 13.6. The minimum absolute atomic E-state index is 0.0187. The minimum Gasteiger partial charge on any atom is -0.462 e. The molecule has 3 aromatic rings. The first kappa shape index (κ1) is 24.7. The first-order chi connectivity index (χ1) is 16.1. The van der Waals surface area contributed by atoms with Gasteiger partial charge in [-0.15, -0.1) is 0 Å². The van der Waals surface area contributed by atoms with E-state index in [9.17, 15) is 44.0 Å². The molecule has 35 heavy (non-hydrogen) atoms. The molecule has 0 amide bonds. The average molecular weight is 542 g/mol. The van der Waals surface area contributed by atoms with Crippen LogP contribution in [0.15, 0.2) is 39.6 Å². The second-order valence-electron chi connectivity index (χ2n) is 7.00. The molecule has 188 valence electrons. The summed E-state index contributed by atoms with van der Waals surface area (Å²) >= 11 is 0. The molecule has 0 atom stereocenters. The lowest BCUT2D eigenvalue weighted by Gasteiger charge is -2.23. The van der Waals surface area contributed by atoms with Crippen molar-refractivity contribution >= 4 is 43.3 Å². The largest absolute Gasteiger partial charge is 0.462 e. The van der Waals surface area contributed by atoms with E-state index in [0.717, 1.165) is 0 Å². The predicted octanol–water partition coefficient (Wildman–Crippen LogP) is 2.83. The van der Waals surface area contributed by atoms with Crippen molar-refractivity contribution in [3.05, 3.63) is 41.5 Å². The fraction of sp³-hybridized carbons (Fsp3) is 0.222. The van der Waals surface area contributed by atoms with Crippen LogP contribution in [0.3, 0.4) is 0 Å². The van der Waals surface area contributed by atoms with Crippen LogP contribution in [-0.4, -0.2) is 51.1 Å². The molecule has 0 radical (unpaired) electrons. The van der Waals surface area contributed by atoms with E-state index < -0.39 is 89.5 Å². The zero-order chi connectivity index (χ0) is 26.0. The van der Waals surface area contributed by atoms with Gasteiger partial charge < -0.3 is 18.1 Å². The molecule has 0 saturated heterocycles. The summed E-state index contributed by atoms with van der Waals surface area (Å²) in [7, 11) is -11.2. The predicted molar refractivity (Wildman–Crippen MR) is 103 cm³/mol. The van der Waals surface area contributed by atoms with Crippen LogP contribution in [0.2, 0.25) is 0 Å². The zero-order valence-electron chi connectivity index (χ0n) is 16.7. The van der Waals surface area contributed by atoms with Gasteiger partial charge in [0.2, 0.25) is 11.5 Å². The fourth-order valence-electron chi connectivity index (χ4n) is 3.08. The Morgan fingerprint density at radius 1 is 1.03 bits per heavy atom. The van der Waals surface area contributed by atoms with Gasteiger partial charge in [-0.25, -0.2) is 9.59 Å². The monoisotopic (exact) mass is 542 g/mol. The topological polar surface area (TPSA) is 163 Å². The molecule has 2 bridgehead atoms. The summed E-state index contributed by atoms with van der Waals surface area (Å²) in [6.07, 6.45) is -2.07. The van der Waals surface area contributed by atoms with E-state index in [2.05, 4.69) is 4.74 Å². The lowest BCUT2D eigenvalue weighted by molar-refractivity contribution is -0.168. The number of halogens is 4. The van der Waals surface area contributed by atoms with Crippen LogP contribution in [0.1, 0.15) is 27.1 Å². The maximum Gasteiger partial charge on any atom is 0.431 e. The van der Waals surface area contributed by atoms with Crippen LogP contribution in [0.25, 0.3) is 11.2 Å². The SMILES string of the molecule is O=C(Oc1c2c3oc1c(C(=O)OCCC(F)(F)C(F)(F)S(=O)(=O)O)c3S(=O)(=O)O2)c1ccccc1. The molecule has 1 aliphatic heterocycles. The summed E-state index contributed by atoms with van der Waals surface area (Å²) in [4.78, 5) is 24.0. The molecule has 0 spiro atoms. The van der Waals surface area contributed by atoms with E-state index in [1.807, 2.05) is 0 Å². The molecule has 0 unspecified atom stereocenters.